The third kappa shape index (κ3) is 2.81. The average Bonchev–Trinajstić information content (AvgIpc) is 2.74. The second-order valence-electron chi connectivity index (χ2n) is 3.30. The van der Waals surface area contributed by atoms with Gasteiger partial charge in [-0.1, -0.05) is 29.8 Å². The molecule has 1 aromatic carbocycles. The minimum Gasteiger partial charge on any atom is -0.308 e. The molecule has 0 amide bonds. The summed E-state index contributed by atoms with van der Waals surface area (Å²) in [6.45, 7) is 1.56. The summed E-state index contributed by atoms with van der Waals surface area (Å²) < 4.78 is 0. The predicted molar refractivity (Wildman–Crippen MR) is 60.6 cm³/mol. The molecule has 4 heteroatoms. The van der Waals surface area contributed by atoms with E-state index in [1.165, 1.54) is 0 Å². The van der Waals surface area contributed by atoms with E-state index in [-0.39, 0.29) is 0 Å². The number of nitrogens with one attached hydrogen (secondary N) is 2. The van der Waals surface area contributed by atoms with Gasteiger partial charge in [0.15, 0.2) is 0 Å². The lowest BCUT2D eigenvalue weighted by atomic mass is 10.2. The molecule has 0 aliphatic rings. The SMILES string of the molecule is Clc1ccccc1CNCc1cn[nH]c1. The molecule has 15 heavy (non-hydrogen) atoms. The van der Waals surface area contributed by atoms with Crippen LogP contribution < -0.4 is 5.32 Å². The van der Waals surface area contributed by atoms with E-state index in [0.29, 0.717) is 0 Å². The number of H-pyrrole nitrogens is 1. The molecule has 1 heterocycles. The van der Waals surface area contributed by atoms with Crippen LogP contribution in [0.5, 0.6) is 0 Å². The molecule has 2 rings (SSSR count). The second kappa shape index (κ2) is 4.96. The topological polar surface area (TPSA) is 40.7 Å². The van der Waals surface area contributed by atoms with Crippen LogP contribution in [0.15, 0.2) is 36.7 Å². The Balaban J connectivity index is 1.86. The van der Waals surface area contributed by atoms with E-state index in [0.717, 1.165) is 29.2 Å². The van der Waals surface area contributed by atoms with E-state index in [1.54, 1.807) is 6.20 Å². The summed E-state index contributed by atoms with van der Waals surface area (Å²) in [5, 5.41) is 10.8. The number of benzene rings is 1. The fraction of sp³-hybridized carbons (Fsp3) is 0.182. The van der Waals surface area contributed by atoms with E-state index in [2.05, 4.69) is 15.5 Å². The summed E-state index contributed by atoms with van der Waals surface area (Å²) in [6, 6.07) is 7.84. The molecule has 0 saturated carbocycles. The van der Waals surface area contributed by atoms with E-state index >= 15 is 0 Å². The van der Waals surface area contributed by atoms with Gasteiger partial charge in [0.1, 0.15) is 0 Å². The fourth-order valence-corrected chi connectivity index (χ4v) is 1.56. The van der Waals surface area contributed by atoms with Gasteiger partial charge in [-0.05, 0) is 11.6 Å². The first-order valence-electron chi connectivity index (χ1n) is 4.78. The molecule has 0 aliphatic carbocycles. The minimum absolute atomic E-state index is 0.769. The Kier molecular flexibility index (Phi) is 3.37. The Hall–Kier alpha value is -1.32. The van der Waals surface area contributed by atoms with Crippen molar-refractivity contribution in [2.45, 2.75) is 13.1 Å². The van der Waals surface area contributed by atoms with Crippen molar-refractivity contribution in [2.24, 2.45) is 0 Å². The molecule has 2 N–H and O–H groups in total. The standard InChI is InChI=1S/C11H12ClN3/c12-11-4-2-1-3-10(11)8-13-5-9-6-14-15-7-9/h1-4,6-7,13H,5,8H2,(H,14,15). The Morgan fingerprint density at radius 3 is 2.87 bits per heavy atom. The number of aromatic amines is 1. The van der Waals surface area contributed by atoms with Gasteiger partial charge in [0.05, 0.1) is 6.20 Å². The van der Waals surface area contributed by atoms with Gasteiger partial charge in [-0.2, -0.15) is 5.10 Å². The lowest BCUT2D eigenvalue weighted by Gasteiger charge is -2.04. The number of aromatic nitrogens is 2. The largest absolute Gasteiger partial charge is 0.308 e. The van der Waals surface area contributed by atoms with Crippen molar-refractivity contribution in [1.29, 1.82) is 0 Å². The third-order valence-corrected chi connectivity index (χ3v) is 2.53. The van der Waals surface area contributed by atoms with E-state index < -0.39 is 0 Å². The number of hydrogen-bond donors (Lipinski definition) is 2. The molecule has 0 spiro atoms. The first kappa shape index (κ1) is 10.2. The second-order valence-corrected chi connectivity index (χ2v) is 3.71. The summed E-state index contributed by atoms with van der Waals surface area (Å²) in [6.07, 6.45) is 3.68. The molecule has 78 valence electrons. The zero-order chi connectivity index (χ0) is 10.5. The molecule has 0 fully saturated rings. The first-order valence-corrected chi connectivity index (χ1v) is 5.16. The molecule has 0 saturated heterocycles. The average molecular weight is 222 g/mol. The van der Waals surface area contributed by atoms with Crippen molar-refractivity contribution < 1.29 is 0 Å². The van der Waals surface area contributed by atoms with Crippen LogP contribution >= 0.6 is 11.6 Å². The van der Waals surface area contributed by atoms with Gasteiger partial charge in [-0.25, -0.2) is 0 Å². The summed E-state index contributed by atoms with van der Waals surface area (Å²) in [4.78, 5) is 0. The maximum Gasteiger partial charge on any atom is 0.0532 e. The van der Waals surface area contributed by atoms with E-state index in [4.69, 9.17) is 11.6 Å². The normalized spacial score (nSPS) is 10.5. The molecule has 2 aromatic rings. The van der Waals surface area contributed by atoms with Crippen LogP contribution in [0.3, 0.4) is 0 Å². The molecule has 0 radical (unpaired) electrons. The Bertz CT molecular complexity index is 412. The monoisotopic (exact) mass is 221 g/mol. The fourth-order valence-electron chi connectivity index (χ4n) is 1.36. The zero-order valence-corrected chi connectivity index (χ0v) is 8.96. The van der Waals surface area contributed by atoms with Crippen LogP contribution in [0.2, 0.25) is 5.02 Å². The summed E-state index contributed by atoms with van der Waals surface area (Å²) >= 11 is 6.03. The molecular weight excluding hydrogens is 210 g/mol. The highest BCUT2D eigenvalue weighted by molar-refractivity contribution is 6.31. The quantitative estimate of drug-likeness (QED) is 0.832. The minimum atomic E-state index is 0.769. The number of nitrogens with zero attached hydrogens (tertiary/aromatic N) is 1. The lowest BCUT2D eigenvalue weighted by Crippen LogP contribution is -2.12. The molecular formula is C11H12ClN3. The van der Waals surface area contributed by atoms with Crippen LogP contribution in [0.25, 0.3) is 0 Å². The maximum absolute atomic E-state index is 6.03. The van der Waals surface area contributed by atoms with Gasteiger partial charge in [0, 0.05) is 29.9 Å². The number of hydrogen-bond acceptors (Lipinski definition) is 2. The van der Waals surface area contributed by atoms with Crippen LogP contribution in [-0.4, -0.2) is 10.2 Å². The molecule has 0 bridgehead atoms. The van der Waals surface area contributed by atoms with Crippen molar-refractivity contribution in [3.05, 3.63) is 52.8 Å². The van der Waals surface area contributed by atoms with Crippen LogP contribution in [-0.2, 0) is 13.1 Å². The van der Waals surface area contributed by atoms with Gasteiger partial charge >= 0.3 is 0 Å². The molecule has 0 aliphatic heterocycles. The van der Waals surface area contributed by atoms with Crippen LogP contribution in [0.1, 0.15) is 11.1 Å². The number of halogens is 1. The number of rotatable bonds is 4. The maximum atomic E-state index is 6.03. The Morgan fingerprint density at radius 2 is 2.13 bits per heavy atom. The van der Waals surface area contributed by atoms with Crippen LogP contribution in [0, 0.1) is 0 Å². The van der Waals surface area contributed by atoms with Gasteiger partial charge in [-0.15, -0.1) is 0 Å². The van der Waals surface area contributed by atoms with E-state index in [9.17, 15) is 0 Å². The van der Waals surface area contributed by atoms with Crippen molar-refractivity contribution in [3.63, 3.8) is 0 Å². The summed E-state index contributed by atoms with van der Waals surface area (Å²) in [7, 11) is 0. The highest BCUT2D eigenvalue weighted by atomic mass is 35.5. The molecule has 0 atom stereocenters. The van der Waals surface area contributed by atoms with Crippen molar-refractivity contribution in [2.75, 3.05) is 0 Å². The predicted octanol–water partition coefficient (Wildman–Crippen LogP) is 2.35. The smallest absolute Gasteiger partial charge is 0.0532 e. The highest BCUT2D eigenvalue weighted by Crippen LogP contribution is 2.14. The molecule has 0 unspecified atom stereocenters. The highest BCUT2D eigenvalue weighted by Gasteiger charge is 1.98. The zero-order valence-electron chi connectivity index (χ0n) is 8.20. The van der Waals surface area contributed by atoms with Crippen molar-refractivity contribution in [1.82, 2.24) is 15.5 Å². The summed E-state index contributed by atoms with van der Waals surface area (Å²) in [5.41, 5.74) is 2.25. The van der Waals surface area contributed by atoms with E-state index in [1.807, 2.05) is 30.5 Å². The third-order valence-electron chi connectivity index (χ3n) is 2.16. The lowest BCUT2D eigenvalue weighted by molar-refractivity contribution is 0.694. The van der Waals surface area contributed by atoms with Gasteiger partial charge < -0.3 is 5.32 Å². The Labute approximate surface area is 93.5 Å². The van der Waals surface area contributed by atoms with Gasteiger partial charge in [0.25, 0.3) is 0 Å². The van der Waals surface area contributed by atoms with Crippen molar-refractivity contribution >= 4 is 11.6 Å². The first-order chi connectivity index (χ1) is 7.36. The van der Waals surface area contributed by atoms with Gasteiger partial charge in [-0.3, -0.25) is 5.10 Å². The van der Waals surface area contributed by atoms with Gasteiger partial charge in [0.2, 0.25) is 0 Å². The Morgan fingerprint density at radius 1 is 1.27 bits per heavy atom. The molecule has 3 nitrogen and oxygen atoms in total. The molecule has 1 aromatic heterocycles. The van der Waals surface area contributed by atoms with Crippen LogP contribution in [0.4, 0.5) is 0 Å². The van der Waals surface area contributed by atoms with Crippen molar-refractivity contribution in [3.8, 4) is 0 Å². The summed E-state index contributed by atoms with van der Waals surface area (Å²) in [5.74, 6) is 0.